The van der Waals surface area contributed by atoms with Gasteiger partial charge in [0, 0.05) is 18.7 Å². The lowest BCUT2D eigenvalue weighted by atomic mass is 10.0. The molecular weight excluding hydrogens is 478 g/mol. The molecule has 1 aliphatic heterocycles. The Bertz CT molecular complexity index is 1480. The van der Waals surface area contributed by atoms with Gasteiger partial charge in [-0.25, -0.2) is 16.8 Å². The van der Waals surface area contributed by atoms with Crippen molar-refractivity contribution in [1.82, 2.24) is 0 Å². The average molecular weight is 502 g/mol. The molecule has 11 heteroatoms. The van der Waals surface area contributed by atoms with E-state index in [0.717, 1.165) is 17.2 Å². The second kappa shape index (κ2) is 8.73. The number of hydrogen-bond donors (Lipinski definition) is 1. The molecule has 0 radical (unpaired) electrons. The maximum Gasteiger partial charge on any atom is 0.270 e. The van der Waals surface area contributed by atoms with Crippen LogP contribution in [-0.2, 0) is 26.5 Å². The molecule has 0 fully saturated rings. The van der Waals surface area contributed by atoms with Gasteiger partial charge in [0.2, 0.25) is 0 Å². The predicted molar refractivity (Wildman–Crippen MR) is 129 cm³/mol. The van der Waals surface area contributed by atoms with Crippen LogP contribution in [0.25, 0.3) is 0 Å². The summed E-state index contributed by atoms with van der Waals surface area (Å²) in [4.78, 5) is 10.4. The zero-order valence-electron chi connectivity index (χ0n) is 18.6. The molecule has 9 nitrogen and oxygen atoms in total. The molecule has 0 spiro atoms. The van der Waals surface area contributed by atoms with E-state index in [1.165, 1.54) is 22.5 Å². The lowest BCUT2D eigenvalue weighted by molar-refractivity contribution is -0.385. The first-order valence-electron chi connectivity index (χ1n) is 10.5. The number of hydrogen-bond acceptors (Lipinski definition) is 6. The van der Waals surface area contributed by atoms with Crippen LogP contribution in [0.1, 0.15) is 23.1 Å². The summed E-state index contributed by atoms with van der Waals surface area (Å²) < 4.78 is 56.5. The Hall–Kier alpha value is -3.44. The van der Waals surface area contributed by atoms with E-state index >= 15 is 0 Å². The summed E-state index contributed by atoms with van der Waals surface area (Å²) in [6.45, 7) is 3.68. The fourth-order valence-electron chi connectivity index (χ4n) is 3.89. The van der Waals surface area contributed by atoms with Crippen LogP contribution >= 0.6 is 0 Å². The van der Waals surface area contributed by atoms with Gasteiger partial charge in [0.15, 0.2) is 0 Å². The van der Waals surface area contributed by atoms with Crippen molar-refractivity contribution in [1.29, 1.82) is 0 Å². The monoisotopic (exact) mass is 501 g/mol. The van der Waals surface area contributed by atoms with Crippen molar-refractivity contribution < 1.29 is 21.8 Å². The highest BCUT2D eigenvalue weighted by Crippen LogP contribution is 2.35. The Morgan fingerprint density at radius 2 is 1.65 bits per heavy atom. The quantitative estimate of drug-likeness (QED) is 0.399. The smallest absolute Gasteiger partial charge is 0.270 e. The third-order valence-electron chi connectivity index (χ3n) is 5.69. The number of nitrogens with one attached hydrogen (secondary N) is 1. The minimum atomic E-state index is -4.16. The standard InChI is InChI=1S/C23H23N3O6S2/c1-16-5-11-21(12-6-16)34(31,32)25-13-3-4-18-8-9-19(14-22(18)25)24-33(29,30)23-15-20(26(27)28)10-7-17(23)2/h5-12,14-15,24H,3-4,13H2,1-2H3. The number of rotatable bonds is 6. The van der Waals surface area contributed by atoms with Gasteiger partial charge in [0.25, 0.3) is 25.7 Å². The molecule has 0 saturated carbocycles. The number of sulfonamides is 2. The van der Waals surface area contributed by atoms with Gasteiger partial charge in [-0.15, -0.1) is 0 Å². The maximum absolute atomic E-state index is 13.3. The van der Waals surface area contributed by atoms with Crippen LogP contribution < -0.4 is 9.03 Å². The fraction of sp³-hybridized carbons (Fsp3) is 0.217. The average Bonchev–Trinajstić information content (AvgIpc) is 2.78. The number of nitrogens with zero attached hydrogens (tertiary/aromatic N) is 2. The topological polar surface area (TPSA) is 127 Å². The molecule has 178 valence electrons. The van der Waals surface area contributed by atoms with E-state index in [1.807, 2.05) is 6.92 Å². The molecule has 34 heavy (non-hydrogen) atoms. The summed E-state index contributed by atoms with van der Waals surface area (Å²) in [7, 11) is -8.00. The molecular formula is C23H23N3O6S2. The van der Waals surface area contributed by atoms with E-state index in [2.05, 4.69) is 4.72 Å². The van der Waals surface area contributed by atoms with E-state index < -0.39 is 25.0 Å². The normalized spacial score (nSPS) is 13.9. The van der Waals surface area contributed by atoms with Crippen molar-refractivity contribution in [2.24, 2.45) is 0 Å². The van der Waals surface area contributed by atoms with E-state index in [1.54, 1.807) is 43.3 Å². The van der Waals surface area contributed by atoms with Gasteiger partial charge in [-0.1, -0.05) is 29.8 Å². The Labute approximate surface area is 198 Å². The van der Waals surface area contributed by atoms with E-state index in [4.69, 9.17) is 0 Å². The van der Waals surface area contributed by atoms with Crippen LogP contribution in [-0.4, -0.2) is 28.3 Å². The SMILES string of the molecule is Cc1ccc(S(=O)(=O)N2CCCc3ccc(NS(=O)(=O)c4cc([N+](=O)[O-])ccc4C)cc32)cc1. The van der Waals surface area contributed by atoms with Gasteiger partial charge < -0.3 is 0 Å². The van der Waals surface area contributed by atoms with Crippen molar-refractivity contribution in [3.05, 3.63) is 87.5 Å². The van der Waals surface area contributed by atoms with Gasteiger partial charge in [0.1, 0.15) is 0 Å². The Morgan fingerprint density at radius 3 is 2.32 bits per heavy atom. The first-order valence-corrected chi connectivity index (χ1v) is 13.4. The van der Waals surface area contributed by atoms with Gasteiger partial charge in [-0.2, -0.15) is 0 Å². The van der Waals surface area contributed by atoms with Gasteiger partial charge in [-0.05, 0) is 62.1 Å². The summed E-state index contributed by atoms with van der Waals surface area (Å²) in [5, 5.41) is 11.1. The summed E-state index contributed by atoms with van der Waals surface area (Å²) in [5.41, 5.74) is 2.30. The zero-order chi connectivity index (χ0) is 24.7. The highest BCUT2D eigenvalue weighted by Gasteiger charge is 2.30. The van der Waals surface area contributed by atoms with Crippen molar-refractivity contribution in [3.8, 4) is 0 Å². The zero-order valence-corrected chi connectivity index (χ0v) is 20.2. The molecule has 0 amide bonds. The molecule has 1 aliphatic rings. The van der Waals surface area contributed by atoms with E-state index in [-0.39, 0.29) is 27.7 Å². The number of nitro benzene ring substituents is 1. The van der Waals surface area contributed by atoms with Crippen LogP contribution in [0.4, 0.5) is 17.1 Å². The summed E-state index contributed by atoms with van der Waals surface area (Å²) in [5.74, 6) is 0. The molecule has 0 saturated heterocycles. The molecule has 1 heterocycles. The number of benzene rings is 3. The molecule has 0 unspecified atom stereocenters. The number of non-ortho nitro benzene ring substituents is 1. The molecule has 3 aromatic rings. The fourth-order valence-corrected chi connectivity index (χ4v) is 6.74. The number of aryl methyl sites for hydroxylation is 3. The van der Waals surface area contributed by atoms with Gasteiger partial charge in [-0.3, -0.25) is 19.1 Å². The number of fused-ring (bicyclic) bond motifs is 1. The maximum atomic E-state index is 13.3. The minimum absolute atomic E-state index is 0.157. The summed E-state index contributed by atoms with van der Waals surface area (Å²) in [6.07, 6.45) is 1.29. The summed E-state index contributed by atoms with van der Waals surface area (Å²) >= 11 is 0. The Kier molecular flexibility index (Phi) is 6.09. The highest BCUT2D eigenvalue weighted by molar-refractivity contribution is 7.93. The lowest BCUT2D eigenvalue weighted by Crippen LogP contribution is -2.35. The molecule has 0 atom stereocenters. The number of nitro groups is 1. The van der Waals surface area contributed by atoms with Gasteiger partial charge in [0.05, 0.1) is 26.1 Å². The van der Waals surface area contributed by atoms with Crippen molar-refractivity contribution in [2.75, 3.05) is 15.6 Å². The van der Waals surface area contributed by atoms with Gasteiger partial charge >= 0.3 is 0 Å². The van der Waals surface area contributed by atoms with Crippen molar-refractivity contribution in [2.45, 2.75) is 36.5 Å². The summed E-state index contributed by atoms with van der Waals surface area (Å²) in [6, 6.07) is 14.9. The molecule has 0 aromatic heterocycles. The van der Waals surface area contributed by atoms with Crippen LogP contribution in [0, 0.1) is 24.0 Å². The third kappa shape index (κ3) is 4.48. The van der Waals surface area contributed by atoms with Crippen LogP contribution in [0.2, 0.25) is 0 Å². The predicted octanol–water partition coefficient (Wildman–Crippen LogP) is 4.15. The minimum Gasteiger partial charge on any atom is -0.280 e. The van der Waals surface area contributed by atoms with Crippen LogP contribution in [0.5, 0.6) is 0 Å². The number of anilines is 2. The second-order valence-corrected chi connectivity index (χ2v) is 11.7. The lowest BCUT2D eigenvalue weighted by Gasteiger charge is -2.31. The van der Waals surface area contributed by atoms with Crippen LogP contribution in [0.15, 0.2) is 70.5 Å². The van der Waals surface area contributed by atoms with Crippen LogP contribution in [0.3, 0.4) is 0 Å². The first-order chi connectivity index (χ1) is 16.0. The molecule has 0 aliphatic carbocycles. The molecule has 3 aromatic carbocycles. The Balaban J connectivity index is 1.72. The van der Waals surface area contributed by atoms with E-state index in [0.29, 0.717) is 24.1 Å². The third-order valence-corrected chi connectivity index (χ3v) is 9.05. The van der Waals surface area contributed by atoms with Crippen molar-refractivity contribution in [3.63, 3.8) is 0 Å². The molecule has 4 rings (SSSR count). The van der Waals surface area contributed by atoms with E-state index in [9.17, 15) is 26.9 Å². The van der Waals surface area contributed by atoms with Crippen molar-refractivity contribution >= 4 is 37.1 Å². The molecule has 1 N–H and O–H groups in total. The highest BCUT2D eigenvalue weighted by atomic mass is 32.2. The Morgan fingerprint density at radius 1 is 0.941 bits per heavy atom. The molecule has 0 bridgehead atoms. The largest absolute Gasteiger partial charge is 0.280 e. The first kappa shape index (κ1) is 23.7. The second-order valence-electron chi connectivity index (χ2n) is 8.15.